The summed E-state index contributed by atoms with van der Waals surface area (Å²) in [5, 5.41) is 0. The monoisotopic (exact) mass is 245 g/mol. The molecule has 15 heavy (non-hydrogen) atoms. The number of benzene rings is 1. The van der Waals surface area contributed by atoms with Crippen molar-refractivity contribution >= 4 is 25.6 Å². The molecule has 3 nitrogen and oxygen atoms in total. The summed E-state index contributed by atoms with van der Waals surface area (Å²) < 4.78 is 23.9. The molecule has 0 saturated carbocycles. The van der Waals surface area contributed by atoms with E-state index in [0.29, 0.717) is 6.54 Å². The first-order valence-electron chi connectivity index (χ1n) is 4.80. The van der Waals surface area contributed by atoms with Crippen LogP contribution in [-0.4, -0.2) is 15.0 Å². The highest BCUT2D eigenvalue weighted by molar-refractivity contribution is 8.14. The van der Waals surface area contributed by atoms with Crippen molar-refractivity contribution < 1.29 is 8.42 Å². The minimum absolute atomic E-state index is 0.474. The largest absolute Gasteiger partial charge is 0.321 e. The van der Waals surface area contributed by atoms with E-state index in [0.717, 1.165) is 29.7 Å². The van der Waals surface area contributed by atoms with E-state index in [1.165, 1.54) is 4.31 Å². The zero-order chi connectivity index (χ0) is 11.1. The first-order valence-corrected chi connectivity index (χ1v) is 7.07. The van der Waals surface area contributed by atoms with Gasteiger partial charge in [-0.2, -0.15) is 8.42 Å². The average molecular weight is 246 g/mol. The Morgan fingerprint density at radius 1 is 1.40 bits per heavy atom. The van der Waals surface area contributed by atoms with Crippen molar-refractivity contribution in [2.75, 3.05) is 10.8 Å². The third-order valence-electron chi connectivity index (χ3n) is 2.57. The number of rotatable bonds is 1. The number of hydrogen-bond acceptors (Lipinski definition) is 2. The molecule has 0 radical (unpaired) electrons. The van der Waals surface area contributed by atoms with Gasteiger partial charge in [0.05, 0.1) is 5.69 Å². The average Bonchev–Trinajstić information content (AvgIpc) is 2.15. The van der Waals surface area contributed by atoms with Crippen molar-refractivity contribution in [2.24, 2.45) is 0 Å². The minimum Gasteiger partial charge on any atom is -0.257 e. The molecule has 0 aliphatic carbocycles. The lowest BCUT2D eigenvalue weighted by Gasteiger charge is -2.28. The van der Waals surface area contributed by atoms with E-state index in [-0.39, 0.29) is 0 Å². The Morgan fingerprint density at radius 3 is 2.80 bits per heavy atom. The van der Waals surface area contributed by atoms with Gasteiger partial charge in [0.2, 0.25) is 0 Å². The van der Waals surface area contributed by atoms with Gasteiger partial charge in [-0.05, 0) is 31.4 Å². The fourth-order valence-corrected chi connectivity index (χ4v) is 3.11. The second-order valence-electron chi connectivity index (χ2n) is 3.75. The maximum atomic E-state index is 11.3. The molecule has 0 spiro atoms. The maximum Gasteiger partial charge on any atom is 0.321 e. The van der Waals surface area contributed by atoms with Gasteiger partial charge in [-0.3, -0.25) is 4.31 Å². The molecule has 5 heteroatoms. The van der Waals surface area contributed by atoms with Gasteiger partial charge in [0.15, 0.2) is 0 Å². The second kappa shape index (κ2) is 3.68. The van der Waals surface area contributed by atoms with Crippen molar-refractivity contribution in [3.63, 3.8) is 0 Å². The normalized spacial score (nSPS) is 16.3. The van der Waals surface area contributed by atoms with E-state index in [1.54, 1.807) is 0 Å². The Kier molecular flexibility index (Phi) is 2.64. The highest BCUT2D eigenvalue weighted by Gasteiger charge is 2.25. The molecule has 1 aliphatic heterocycles. The summed E-state index contributed by atoms with van der Waals surface area (Å²) in [6.07, 6.45) is 1.74. The number of aryl methyl sites for hydroxylation is 2. The van der Waals surface area contributed by atoms with Crippen LogP contribution >= 0.6 is 10.7 Å². The summed E-state index contributed by atoms with van der Waals surface area (Å²) in [7, 11) is 1.73. The molecular weight excluding hydrogens is 234 g/mol. The highest BCUT2D eigenvalue weighted by atomic mass is 35.7. The van der Waals surface area contributed by atoms with Crippen LogP contribution in [0, 0.1) is 6.92 Å². The topological polar surface area (TPSA) is 37.4 Å². The van der Waals surface area contributed by atoms with Gasteiger partial charge in [0, 0.05) is 17.2 Å². The molecule has 0 fully saturated rings. The molecule has 0 N–H and O–H groups in total. The van der Waals surface area contributed by atoms with Crippen LogP contribution in [0.3, 0.4) is 0 Å². The SMILES string of the molecule is Cc1ccc2c(c1)CCCN2S(=O)(=O)Cl. The first kappa shape index (κ1) is 10.8. The Bertz CT molecular complexity index is 484. The molecule has 0 atom stereocenters. The van der Waals surface area contributed by atoms with Crippen molar-refractivity contribution in [3.05, 3.63) is 29.3 Å². The van der Waals surface area contributed by atoms with E-state index in [4.69, 9.17) is 10.7 Å². The summed E-state index contributed by atoms with van der Waals surface area (Å²) >= 11 is 0. The molecule has 0 saturated heterocycles. The first-order chi connectivity index (χ1) is 6.98. The van der Waals surface area contributed by atoms with Crippen LogP contribution in [0.15, 0.2) is 18.2 Å². The summed E-state index contributed by atoms with van der Waals surface area (Å²) in [6, 6.07) is 5.74. The van der Waals surface area contributed by atoms with E-state index < -0.39 is 9.24 Å². The molecule has 0 amide bonds. The van der Waals surface area contributed by atoms with E-state index in [2.05, 4.69) is 0 Å². The Labute approximate surface area is 94.2 Å². The fraction of sp³-hybridized carbons (Fsp3) is 0.400. The predicted octanol–water partition coefficient (Wildman–Crippen LogP) is 2.23. The fourth-order valence-electron chi connectivity index (χ4n) is 1.92. The van der Waals surface area contributed by atoms with Gasteiger partial charge in [0.25, 0.3) is 0 Å². The zero-order valence-electron chi connectivity index (χ0n) is 8.40. The quantitative estimate of drug-likeness (QED) is 0.712. The molecular formula is C10H12ClNO2S. The van der Waals surface area contributed by atoms with Crippen molar-refractivity contribution in [3.8, 4) is 0 Å². The van der Waals surface area contributed by atoms with Crippen molar-refractivity contribution in [2.45, 2.75) is 19.8 Å². The van der Waals surface area contributed by atoms with Gasteiger partial charge in [-0.1, -0.05) is 17.7 Å². The summed E-state index contributed by atoms with van der Waals surface area (Å²) in [5.41, 5.74) is 2.93. The van der Waals surface area contributed by atoms with Crippen molar-refractivity contribution in [1.29, 1.82) is 0 Å². The Balaban J connectivity index is 2.52. The van der Waals surface area contributed by atoms with E-state index in [9.17, 15) is 8.42 Å². The van der Waals surface area contributed by atoms with Gasteiger partial charge in [0.1, 0.15) is 0 Å². The maximum absolute atomic E-state index is 11.3. The lowest BCUT2D eigenvalue weighted by molar-refractivity contribution is 0.600. The predicted molar refractivity (Wildman–Crippen MR) is 61.6 cm³/mol. The molecule has 0 aromatic heterocycles. The van der Waals surface area contributed by atoms with Gasteiger partial charge in [-0.15, -0.1) is 0 Å². The minimum atomic E-state index is -3.65. The Hall–Kier alpha value is -0.740. The van der Waals surface area contributed by atoms with Crippen LogP contribution in [0.2, 0.25) is 0 Å². The summed E-state index contributed by atoms with van der Waals surface area (Å²) in [6.45, 7) is 2.47. The van der Waals surface area contributed by atoms with Crippen LogP contribution in [0.1, 0.15) is 17.5 Å². The zero-order valence-corrected chi connectivity index (χ0v) is 9.98. The molecule has 1 aliphatic rings. The second-order valence-corrected chi connectivity index (χ2v) is 6.18. The standard InChI is InChI=1S/C10H12ClNO2S/c1-8-4-5-10-9(7-8)3-2-6-12(10)15(11,13)14/h4-5,7H,2-3,6H2,1H3. The number of fused-ring (bicyclic) bond motifs is 1. The Morgan fingerprint density at radius 2 is 2.13 bits per heavy atom. The van der Waals surface area contributed by atoms with Crippen LogP contribution in [0.25, 0.3) is 0 Å². The van der Waals surface area contributed by atoms with Gasteiger partial charge >= 0.3 is 9.24 Å². The molecule has 1 aromatic rings. The lowest BCUT2D eigenvalue weighted by atomic mass is 10.0. The lowest BCUT2D eigenvalue weighted by Crippen LogP contribution is -2.32. The molecule has 0 unspecified atom stereocenters. The molecule has 1 aromatic carbocycles. The molecule has 1 heterocycles. The van der Waals surface area contributed by atoms with Gasteiger partial charge < -0.3 is 0 Å². The van der Waals surface area contributed by atoms with Crippen LogP contribution in [0.4, 0.5) is 5.69 Å². The highest BCUT2D eigenvalue weighted by Crippen LogP contribution is 2.30. The summed E-state index contributed by atoms with van der Waals surface area (Å²) in [4.78, 5) is 0. The molecule has 2 rings (SSSR count). The van der Waals surface area contributed by atoms with Crippen LogP contribution in [-0.2, 0) is 15.7 Å². The van der Waals surface area contributed by atoms with Gasteiger partial charge in [-0.25, -0.2) is 0 Å². The number of halogens is 1. The molecule has 0 bridgehead atoms. The smallest absolute Gasteiger partial charge is 0.257 e. The number of anilines is 1. The third kappa shape index (κ3) is 2.11. The van der Waals surface area contributed by atoms with E-state index in [1.807, 2.05) is 25.1 Å². The summed E-state index contributed by atoms with van der Waals surface area (Å²) in [5.74, 6) is 0. The van der Waals surface area contributed by atoms with Crippen LogP contribution < -0.4 is 4.31 Å². The molecule has 82 valence electrons. The number of nitrogens with zero attached hydrogens (tertiary/aromatic N) is 1. The number of hydrogen-bond donors (Lipinski definition) is 0. The van der Waals surface area contributed by atoms with Crippen molar-refractivity contribution in [1.82, 2.24) is 0 Å². The van der Waals surface area contributed by atoms with Crippen LogP contribution in [0.5, 0.6) is 0 Å². The van der Waals surface area contributed by atoms with E-state index >= 15 is 0 Å². The third-order valence-corrected chi connectivity index (χ3v) is 3.98.